The van der Waals surface area contributed by atoms with Crippen LogP contribution in [0.4, 0.5) is 5.69 Å². The number of piperazine rings is 1. The summed E-state index contributed by atoms with van der Waals surface area (Å²) in [5.74, 6) is 0.998. The van der Waals surface area contributed by atoms with Gasteiger partial charge in [-0.15, -0.1) is 0 Å². The molecule has 3 aromatic carbocycles. The summed E-state index contributed by atoms with van der Waals surface area (Å²) in [6.45, 7) is 3.23. The molecule has 1 fully saturated rings. The molecule has 0 N–H and O–H groups in total. The summed E-state index contributed by atoms with van der Waals surface area (Å²) >= 11 is 0. The normalized spacial score (nSPS) is 15.0. The van der Waals surface area contributed by atoms with Crippen molar-refractivity contribution in [2.75, 3.05) is 38.2 Å². The molecular weight excluding hydrogens is 372 g/mol. The molecule has 154 valence electrons. The second kappa shape index (κ2) is 9.49. The molecule has 1 amide bonds. The standard InChI is InChI=1S/C26H28N2O2/c1-30-25-15-9-8-14-23(25)24(21-10-4-2-5-11-21)20-26(29)28-18-16-27(17-19-28)22-12-6-3-7-13-22/h2-15,24H,16-20H2,1H3/t24-/m0/s1. The third-order valence-electron chi connectivity index (χ3n) is 5.85. The molecule has 4 heteroatoms. The van der Waals surface area contributed by atoms with Crippen LogP contribution in [-0.4, -0.2) is 44.1 Å². The lowest BCUT2D eigenvalue weighted by molar-refractivity contribution is -0.131. The van der Waals surface area contributed by atoms with Gasteiger partial charge in [0.15, 0.2) is 0 Å². The predicted octanol–water partition coefficient (Wildman–Crippen LogP) is 4.57. The highest BCUT2D eigenvalue weighted by Gasteiger charge is 2.26. The molecule has 30 heavy (non-hydrogen) atoms. The highest BCUT2D eigenvalue weighted by atomic mass is 16.5. The van der Waals surface area contributed by atoms with E-state index in [1.807, 2.05) is 47.4 Å². The van der Waals surface area contributed by atoms with Crippen LogP contribution in [0.2, 0.25) is 0 Å². The lowest BCUT2D eigenvalue weighted by Gasteiger charge is -2.36. The minimum absolute atomic E-state index is 0.0259. The van der Waals surface area contributed by atoms with E-state index in [0.717, 1.165) is 43.1 Å². The molecule has 1 aliphatic rings. The molecule has 1 heterocycles. The summed E-state index contributed by atoms with van der Waals surface area (Å²) < 4.78 is 5.61. The first-order valence-electron chi connectivity index (χ1n) is 10.5. The molecule has 4 nitrogen and oxygen atoms in total. The van der Waals surface area contributed by atoms with E-state index >= 15 is 0 Å². The smallest absolute Gasteiger partial charge is 0.223 e. The number of amides is 1. The molecule has 0 spiro atoms. The van der Waals surface area contributed by atoms with Crippen LogP contribution in [0, 0.1) is 0 Å². The van der Waals surface area contributed by atoms with Crippen molar-refractivity contribution in [1.82, 2.24) is 4.90 Å². The van der Waals surface area contributed by atoms with Gasteiger partial charge in [0.05, 0.1) is 7.11 Å². The van der Waals surface area contributed by atoms with E-state index in [4.69, 9.17) is 4.74 Å². The number of carbonyl (C=O) groups is 1. The maximum atomic E-state index is 13.3. The number of anilines is 1. The topological polar surface area (TPSA) is 32.8 Å². The molecule has 0 aromatic heterocycles. The Morgan fingerprint density at radius 2 is 1.43 bits per heavy atom. The van der Waals surface area contributed by atoms with Gasteiger partial charge in [0.25, 0.3) is 0 Å². The Morgan fingerprint density at radius 1 is 0.833 bits per heavy atom. The number of rotatable bonds is 6. The Bertz CT molecular complexity index is 951. The Hall–Kier alpha value is -3.27. The van der Waals surface area contributed by atoms with Crippen molar-refractivity contribution in [1.29, 1.82) is 0 Å². The molecule has 1 saturated heterocycles. The molecule has 0 radical (unpaired) electrons. The average Bonchev–Trinajstić information content (AvgIpc) is 2.83. The van der Waals surface area contributed by atoms with Gasteiger partial charge >= 0.3 is 0 Å². The minimum atomic E-state index is -0.0259. The van der Waals surface area contributed by atoms with Crippen LogP contribution in [-0.2, 0) is 4.79 Å². The number of methoxy groups -OCH3 is 1. The van der Waals surface area contributed by atoms with Crippen LogP contribution in [0.25, 0.3) is 0 Å². The van der Waals surface area contributed by atoms with E-state index in [1.165, 1.54) is 5.69 Å². The maximum absolute atomic E-state index is 13.3. The minimum Gasteiger partial charge on any atom is -0.496 e. The monoisotopic (exact) mass is 400 g/mol. The number of hydrogen-bond donors (Lipinski definition) is 0. The van der Waals surface area contributed by atoms with Gasteiger partial charge in [-0.25, -0.2) is 0 Å². The number of para-hydroxylation sites is 2. The van der Waals surface area contributed by atoms with Gasteiger partial charge in [-0.05, 0) is 23.8 Å². The summed E-state index contributed by atoms with van der Waals surface area (Å²) in [4.78, 5) is 17.6. The van der Waals surface area contributed by atoms with E-state index in [2.05, 4.69) is 47.4 Å². The lowest BCUT2D eigenvalue weighted by atomic mass is 9.87. The summed E-state index contributed by atoms with van der Waals surface area (Å²) in [6.07, 6.45) is 0.440. The van der Waals surface area contributed by atoms with Gasteiger partial charge in [-0.2, -0.15) is 0 Å². The summed E-state index contributed by atoms with van der Waals surface area (Å²) in [7, 11) is 1.69. The Labute approximate surface area is 178 Å². The molecule has 0 aliphatic carbocycles. The highest BCUT2D eigenvalue weighted by molar-refractivity contribution is 5.78. The zero-order chi connectivity index (χ0) is 20.8. The molecule has 1 atom stereocenters. The summed E-state index contributed by atoms with van der Waals surface area (Å²) in [6, 6.07) is 28.7. The summed E-state index contributed by atoms with van der Waals surface area (Å²) in [5, 5.41) is 0. The van der Waals surface area contributed by atoms with Gasteiger partial charge in [-0.3, -0.25) is 4.79 Å². The number of nitrogens with zero attached hydrogens (tertiary/aromatic N) is 2. The number of carbonyl (C=O) groups excluding carboxylic acids is 1. The van der Waals surface area contributed by atoms with Crippen LogP contribution < -0.4 is 9.64 Å². The highest BCUT2D eigenvalue weighted by Crippen LogP contribution is 2.34. The zero-order valence-electron chi connectivity index (χ0n) is 17.4. The predicted molar refractivity (Wildman–Crippen MR) is 121 cm³/mol. The van der Waals surface area contributed by atoms with Crippen molar-refractivity contribution in [3.63, 3.8) is 0 Å². The molecule has 0 unspecified atom stereocenters. The first kappa shape index (κ1) is 20.0. The van der Waals surface area contributed by atoms with Crippen LogP contribution in [0.15, 0.2) is 84.9 Å². The van der Waals surface area contributed by atoms with Gasteiger partial charge in [0.2, 0.25) is 5.91 Å². The van der Waals surface area contributed by atoms with E-state index in [-0.39, 0.29) is 11.8 Å². The van der Waals surface area contributed by atoms with Crippen molar-refractivity contribution < 1.29 is 9.53 Å². The van der Waals surface area contributed by atoms with E-state index < -0.39 is 0 Å². The van der Waals surface area contributed by atoms with Crippen LogP contribution >= 0.6 is 0 Å². The van der Waals surface area contributed by atoms with E-state index in [9.17, 15) is 4.79 Å². The molecule has 4 rings (SSSR count). The molecule has 0 bridgehead atoms. The van der Waals surface area contributed by atoms with E-state index in [1.54, 1.807) is 7.11 Å². The third kappa shape index (κ3) is 4.48. The number of ether oxygens (including phenoxy) is 1. The first-order valence-corrected chi connectivity index (χ1v) is 10.5. The van der Waals surface area contributed by atoms with Crippen molar-refractivity contribution >= 4 is 11.6 Å². The Balaban J connectivity index is 1.49. The SMILES string of the molecule is COc1ccccc1[C@@H](CC(=O)N1CCN(c2ccccc2)CC1)c1ccccc1. The van der Waals surface area contributed by atoms with Crippen molar-refractivity contribution in [2.24, 2.45) is 0 Å². The number of hydrogen-bond acceptors (Lipinski definition) is 3. The fourth-order valence-electron chi connectivity index (χ4n) is 4.20. The van der Waals surface area contributed by atoms with Crippen LogP contribution in [0.3, 0.4) is 0 Å². The second-order valence-corrected chi connectivity index (χ2v) is 7.61. The largest absolute Gasteiger partial charge is 0.496 e. The quantitative estimate of drug-likeness (QED) is 0.608. The van der Waals surface area contributed by atoms with Gasteiger partial charge in [0.1, 0.15) is 5.75 Å². The van der Waals surface area contributed by atoms with Gasteiger partial charge < -0.3 is 14.5 Å². The number of benzene rings is 3. The maximum Gasteiger partial charge on any atom is 0.223 e. The average molecular weight is 401 g/mol. The lowest BCUT2D eigenvalue weighted by Crippen LogP contribution is -2.49. The second-order valence-electron chi connectivity index (χ2n) is 7.61. The fourth-order valence-corrected chi connectivity index (χ4v) is 4.20. The van der Waals surface area contributed by atoms with Crippen LogP contribution in [0.5, 0.6) is 5.75 Å². The first-order chi connectivity index (χ1) is 14.8. The Kier molecular flexibility index (Phi) is 6.33. The zero-order valence-corrected chi connectivity index (χ0v) is 17.4. The third-order valence-corrected chi connectivity index (χ3v) is 5.85. The molecule has 3 aromatic rings. The fraction of sp³-hybridized carbons (Fsp3) is 0.269. The van der Waals surface area contributed by atoms with Crippen LogP contribution in [0.1, 0.15) is 23.5 Å². The van der Waals surface area contributed by atoms with Gasteiger partial charge in [0, 0.05) is 49.8 Å². The van der Waals surface area contributed by atoms with Crippen molar-refractivity contribution in [3.8, 4) is 5.75 Å². The van der Waals surface area contributed by atoms with Gasteiger partial charge in [-0.1, -0.05) is 66.7 Å². The molecule has 0 saturated carbocycles. The van der Waals surface area contributed by atoms with Crippen molar-refractivity contribution in [3.05, 3.63) is 96.1 Å². The summed E-state index contributed by atoms with van der Waals surface area (Å²) in [5.41, 5.74) is 3.42. The van der Waals surface area contributed by atoms with Crippen molar-refractivity contribution in [2.45, 2.75) is 12.3 Å². The Morgan fingerprint density at radius 3 is 2.10 bits per heavy atom. The van der Waals surface area contributed by atoms with E-state index in [0.29, 0.717) is 6.42 Å². The molecular formula is C26H28N2O2. The molecule has 1 aliphatic heterocycles.